The topological polar surface area (TPSA) is 52.6 Å². The average Bonchev–Trinajstić information content (AvgIpc) is 3.02. The Hall–Kier alpha value is -1.39. The van der Waals surface area contributed by atoms with E-state index in [0.717, 1.165) is 50.9 Å². The molecule has 1 aliphatic heterocycles. The third kappa shape index (κ3) is 3.68. The molecule has 2 aliphatic rings. The third-order valence-corrected chi connectivity index (χ3v) is 4.94. The lowest BCUT2D eigenvalue weighted by Crippen LogP contribution is -2.41. The van der Waals surface area contributed by atoms with Gasteiger partial charge in [0.1, 0.15) is 0 Å². The largest absolute Gasteiger partial charge is 0.396 e. The van der Waals surface area contributed by atoms with Crippen molar-refractivity contribution >= 4 is 5.91 Å². The van der Waals surface area contributed by atoms with Crippen LogP contribution in [0, 0.1) is 5.92 Å². The first-order chi connectivity index (χ1) is 10.8. The van der Waals surface area contributed by atoms with Gasteiger partial charge in [-0.2, -0.15) is 0 Å². The zero-order valence-corrected chi connectivity index (χ0v) is 13.2. The summed E-state index contributed by atoms with van der Waals surface area (Å²) < 4.78 is 0. The molecule has 1 fully saturated rings. The van der Waals surface area contributed by atoms with Crippen molar-refractivity contribution in [3.05, 3.63) is 34.9 Å². The van der Waals surface area contributed by atoms with Gasteiger partial charge in [0.2, 0.25) is 0 Å². The molecule has 2 N–H and O–H groups in total. The van der Waals surface area contributed by atoms with Crippen molar-refractivity contribution in [1.29, 1.82) is 0 Å². The van der Waals surface area contributed by atoms with Gasteiger partial charge in [0.15, 0.2) is 0 Å². The molecular weight excluding hydrogens is 276 g/mol. The van der Waals surface area contributed by atoms with E-state index in [9.17, 15) is 9.90 Å². The van der Waals surface area contributed by atoms with Crippen LogP contribution in [-0.2, 0) is 12.8 Å². The summed E-state index contributed by atoms with van der Waals surface area (Å²) in [6.45, 7) is 3.84. The lowest BCUT2D eigenvalue weighted by molar-refractivity contribution is 0.0930. The van der Waals surface area contributed by atoms with E-state index in [2.05, 4.69) is 22.3 Å². The van der Waals surface area contributed by atoms with Crippen molar-refractivity contribution in [3.63, 3.8) is 0 Å². The van der Waals surface area contributed by atoms with Crippen LogP contribution >= 0.6 is 0 Å². The van der Waals surface area contributed by atoms with Gasteiger partial charge in [-0.1, -0.05) is 6.07 Å². The molecule has 3 rings (SSSR count). The molecule has 0 bridgehead atoms. The Labute approximate surface area is 132 Å². The number of nitrogens with one attached hydrogen (secondary N) is 1. The number of aliphatic hydroxyl groups excluding tert-OH is 1. The first-order valence-corrected chi connectivity index (χ1v) is 8.49. The minimum Gasteiger partial charge on any atom is -0.396 e. The molecule has 1 aromatic rings. The van der Waals surface area contributed by atoms with Crippen molar-refractivity contribution in [3.8, 4) is 0 Å². The van der Waals surface area contributed by atoms with Crippen molar-refractivity contribution in [2.75, 3.05) is 32.8 Å². The quantitative estimate of drug-likeness (QED) is 0.869. The highest BCUT2D eigenvalue weighted by atomic mass is 16.3. The summed E-state index contributed by atoms with van der Waals surface area (Å²) in [5.74, 6) is 0.437. The molecule has 4 nitrogen and oxygen atoms in total. The Bertz CT molecular complexity index is 530. The van der Waals surface area contributed by atoms with Gasteiger partial charge in [-0.3, -0.25) is 4.79 Å². The summed E-state index contributed by atoms with van der Waals surface area (Å²) in [6.07, 6.45) is 5.73. The number of piperidine rings is 1. The maximum absolute atomic E-state index is 12.2. The normalized spacial score (nSPS) is 21.6. The zero-order valence-electron chi connectivity index (χ0n) is 13.2. The minimum absolute atomic E-state index is 0.0328. The fourth-order valence-corrected chi connectivity index (χ4v) is 3.65. The van der Waals surface area contributed by atoms with Gasteiger partial charge < -0.3 is 15.3 Å². The van der Waals surface area contributed by atoms with Gasteiger partial charge in [-0.05, 0) is 67.8 Å². The Balaban J connectivity index is 1.46. The van der Waals surface area contributed by atoms with Crippen LogP contribution in [0.1, 0.15) is 40.7 Å². The molecule has 0 aromatic heterocycles. The molecule has 1 aliphatic carbocycles. The predicted molar refractivity (Wildman–Crippen MR) is 87.1 cm³/mol. The monoisotopic (exact) mass is 302 g/mol. The number of nitrogens with zero attached hydrogens (tertiary/aromatic N) is 1. The second kappa shape index (κ2) is 7.25. The fraction of sp³-hybridized carbons (Fsp3) is 0.611. The van der Waals surface area contributed by atoms with Gasteiger partial charge >= 0.3 is 0 Å². The lowest BCUT2D eigenvalue weighted by atomic mass is 9.99. The van der Waals surface area contributed by atoms with E-state index in [4.69, 9.17) is 0 Å². The van der Waals surface area contributed by atoms with Crippen molar-refractivity contribution < 1.29 is 9.90 Å². The Morgan fingerprint density at radius 2 is 2.14 bits per heavy atom. The SMILES string of the molecule is O=C(NCCN1CCCC(CO)C1)c1ccc2c(c1)CCC2. The smallest absolute Gasteiger partial charge is 0.251 e. The Morgan fingerprint density at radius 3 is 3.00 bits per heavy atom. The van der Waals surface area contributed by atoms with E-state index in [1.54, 1.807) is 0 Å². The van der Waals surface area contributed by atoms with Crippen LogP contribution in [0.5, 0.6) is 0 Å². The maximum Gasteiger partial charge on any atom is 0.251 e. The molecule has 22 heavy (non-hydrogen) atoms. The molecule has 1 atom stereocenters. The van der Waals surface area contributed by atoms with Crippen molar-refractivity contribution in [1.82, 2.24) is 10.2 Å². The number of hydrogen-bond acceptors (Lipinski definition) is 3. The van der Waals surface area contributed by atoms with Crippen molar-refractivity contribution in [2.24, 2.45) is 5.92 Å². The van der Waals surface area contributed by atoms with E-state index in [1.807, 2.05) is 6.07 Å². The molecule has 120 valence electrons. The molecular formula is C18H26N2O2. The molecule has 0 radical (unpaired) electrons. The first-order valence-electron chi connectivity index (χ1n) is 8.49. The minimum atomic E-state index is 0.0328. The van der Waals surface area contributed by atoms with Crippen LogP contribution in [0.25, 0.3) is 0 Å². The summed E-state index contributed by atoms with van der Waals surface area (Å²) in [7, 11) is 0. The van der Waals surface area contributed by atoms with Crippen LogP contribution in [0.3, 0.4) is 0 Å². The fourth-order valence-electron chi connectivity index (χ4n) is 3.65. The van der Waals surface area contributed by atoms with Crippen LogP contribution in [0.2, 0.25) is 0 Å². The molecule has 1 saturated heterocycles. The summed E-state index contributed by atoms with van der Waals surface area (Å²) in [5, 5.41) is 12.3. The summed E-state index contributed by atoms with van der Waals surface area (Å²) in [4.78, 5) is 14.6. The van der Waals surface area contributed by atoms with Gasteiger partial charge in [-0.15, -0.1) is 0 Å². The second-order valence-corrected chi connectivity index (χ2v) is 6.58. The number of benzene rings is 1. The number of likely N-dealkylation sites (tertiary alicyclic amines) is 1. The van der Waals surface area contributed by atoms with Crippen LogP contribution < -0.4 is 5.32 Å². The van der Waals surface area contributed by atoms with Crippen LogP contribution in [0.4, 0.5) is 0 Å². The van der Waals surface area contributed by atoms with E-state index in [1.165, 1.54) is 17.5 Å². The number of rotatable bonds is 5. The number of fused-ring (bicyclic) bond motifs is 1. The standard InChI is InChI=1S/C18H26N2O2/c21-13-14-3-2-9-20(12-14)10-8-19-18(22)17-7-6-15-4-1-5-16(15)11-17/h6-7,11,14,21H,1-5,8-10,12-13H2,(H,19,22). The number of aliphatic hydroxyl groups is 1. The highest BCUT2D eigenvalue weighted by molar-refractivity contribution is 5.94. The molecule has 0 saturated carbocycles. The Morgan fingerprint density at radius 1 is 1.27 bits per heavy atom. The molecule has 1 heterocycles. The summed E-state index contributed by atoms with van der Waals surface area (Å²) >= 11 is 0. The van der Waals surface area contributed by atoms with Crippen LogP contribution in [-0.4, -0.2) is 48.7 Å². The highest BCUT2D eigenvalue weighted by Crippen LogP contribution is 2.22. The van der Waals surface area contributed by atoms with E-state index in [0.29, 0.717) is 12.5 Å². The number of amides is 1. The highest BCUT2D eigenvalue weighted by Gasteiger charge is 2.19. The molecule has 4 heteroatoms. The molecule has 1 amide bonds. The summed E-state index contributed by atoms with van der Waals surface area (Å²) in [5.41, 5.74) is 3.53. The lowest BCUT2D eigenvalue weighted by Gasteiger charge is -2.31. The average molecular weight is 302 g/mol. The van der Waals surface area contributed by atoms with Gasteiger partial charge in [0.05, 0.1) is 0 Å². The molecule has 1 aromatic carbocycles. The molecule has 1 unspecified atom stereocenters. The molecule has 0 spiro atoms. The van der Waals surface area contributed by atoms with E-state index >= 15 is 0 Å². The van der Waals surface area contributed by atoms with Gasteiger partial charge in [0.25, 0.3) is 5.91 Å². The van der Waals surface area contributed by atoms with Crippen molar-refractivity contribution in [2.45, 2.75) is 32.1 Å². The number of aryl methyl sites for hydroxylation is 2. The summed E-state index contributed by atoms with van der Waals surface area (Å²) in [6, 6.07) is 6.11. The zero-order chi connectivity index (χ0) is 15.4. The van der Waals surface area contributed by atoms with Gasteiger partial charge in [0, 0.05) is 31.8 Å². The van der Waals surface area contributed by atoms with E-state index < -0.39 is 0 Å². The predicted octanol–water partition coefficient (Wildman–Crippen LogP) is 1.61. The number of hydrogen-bond donors (Lipinski definition) is 2. The Kier molecular flexibility index (Phi) is 5.11. The maximum atomic E-state index is 12.2. The van der Waals surface area contributed by atoms with Crippen LogP contribution in [0.15, 0.2) is 18.2 Å². The second-order valence-electron chi connectivity index (χ2n) is 6.58. The van der Waals surface area contributed by atoms with Gasteiger partial charge in [-0.25, -0.2) is 0 Å². The third-order valence-electron chi connectivity index (χ3n) is 4.94. The first kappa shape index (κ1) is 15.5. The van der Waals surface area contributed by atoms with E-state index in [-0.39, 0.29) is 12.5 Å². The number of carbonyl (C=O) groups is 1. The number of carbonyl (C=O) groups excluding carboxylic acids is 1.